The molecule has 2 fully saturated rings. The van der Waals surface area contributed by atoms with Crippen molar-refractivity contribution in [3.05, 3.63) is 28.3 Å². The SMILES string of the molecule is Cc1c(N2[C@@H]3CC(O)[C@H]2C[C@](O)(CO)C3)ccc(C#N)c1Cl. The molecule has 3 N–H and O–H groups in total. The largest absolute Gasteiger partial charge is 0.393 e. The Morgan fingerprint density at radius 2 is 2.18 bits per heavy atom. The topological polar surface area (TPSA) is 87.7 Å². The monoisotopic (exact) mass is 322 g/mol. The van der Waals surface area contributed by atoms with Gasteiger partial charge in [0.15, 0.2) is 0 Å². The molecule has 0 aromatic heterocycles. The number of rotatable bonds is 2. The predicted octanol–water partition coefficient (Wildman–Crippen LogP) is 1.35. The van der Waals surface area contributed by atoms with Crippen LogP contribution in [0.3, 0.4) is 0 Å². The van der Waals surface area contributed by atoms with Gasteiger partial charge < -0.3 is 20.2 Å². The van der Waals surface area contributed by atoms with Crippen LogP contribution < -0.4 is 4.90 Å². The van der Waals surface area contributed by atoms with E-state index in [-0.39, 0.29) is 18.7 Å². The maximum Gasteiger partial charge on any atom is 0.101 e. The zero-order chi connectivity index (χ0) is 16.1. The van der Waals surface area contributed by atoms with Gasteiger partial charge in [-0.2, -0.15) is 5.26 Å². The van der Waals surface area contributed by atoms with E-state index in [0.29, 0.717) is 29.8 Å². The number of aliphatic hydroxyl groups excluding tert-OH is 2. The van der Waals surface area contributed by atoms with Gasteiger partial charge in [-0.3, -0.25) is 0 Å². The van der Waals surface area contributed by atoms with Crippen molar-refractivity contribution < 1.29 is 15.3 Å². The third kappa shape index (κ3) is 2.27. The maximum absolute atomic E-state index is 10.4. The molecule has 2 heterocycles. The van der Waals surface area contributed by atoms with Crippen molar-refractivity contribution in [2.45, 2.75) is 50.0 Å². The second-order valence-electron chi connectivity index (χ2n) is 6.41. The van der Waals surface area contributed by atoms with Crippen molar-refractivity contribution in [2.24, 2.45) is 0 Å². The molecule has 5 nitrogen and oxygen atoms in total. The van der Waals surface area contributed by atoms with Crippen LogP contribution in [0.2, 0.25) is 5.02 Å². The number of anilines is 1. The number of piperidine rings is 1. The normalized spacial score (nSPS) is 33.8. The van der Waals surface area contributed by atoms with Crippen molar-refractivity contribution in [1.29, 1.82) is 5.26 Å². The molecule has 3 rings (SSSR count). The summed E-state index contributed by atoms with van der Waals surface area (Å²) in [4.78, 5) is 2.09. The molecular formula is C16H19ClN2O3. The second kappa shape index (κ2) is 5.39. The fourth-order valence-electron chi connectivity index (χ4n) is 3.88. The van der Waals surface area contributed by atoms with E-state index in [1.807, 2.05) is 13.0 Å². The first kappa shape index (κ1) is 15.6. The van der Waals surface area contributed by atoms with Crippen LogP contribution >= 0.6 is 11.6 Å². The second-order valence-corrected chi connectivity index (χ2v) is 6.78. The maximum atomic E-state index is 10.4. The van der Waals surface area contributed by atoms with E-state index in [1.165, 1.54) is 0 Å². The third-order valence-corrected chi connectivity index (χ3v) is 5.45. The summed E-state index contributed by atoms with van der Waals surface area (Å²) in [6.07, 6.45) is 0.746. The van der Waals surface area contributed by atoms with E-state index in [1.54, 1.807) is 6.07 Å². The first-order valence-electron chi connectivity index (χ1n) is 7.39. The van der Waals surface area contributed by atoms with Crippen molar-refractivity contribution in [3.63, 3.8) is 0 Å². The van der Waals surface area contributed by atoms with Gasteiger partial charge in [0.2, 0.25) is 0 Å². The highest BCUT2D eigenvalue weighted by Gasteiger charge is 2.51. The van der Waals surface area contributed by atoms with Crippen molar-refractivity contribution in [1.82, 2.24) is 0 Å². The van der Waals surface area contributed by atoms with E-state index in [2.05, 4.69) is 11.0 Å². The third-order valence-electron chi connectivity index (χ3n) is 4.96. The summed E-state index contributed by atoms with van der Waals surface area (Å²) >= 11 is 6.25. The van der Waals surface area contributed by atoms with Crippen molar-refractivity contribution in [3.8, 4) is 6.07 Å². The zero-order valence-electron chi connectivity index (χ0n) is 12.3. The lowest BCUT2D eigenvalue weighted by atomic mass is 9.86. The van der Waals surface area contributed by atoms with E-state index in [0.717, 1.165) is 11.3 Å². The highest BCUT2D eigenvalue weighted by Crippen LogP contribution is 2.45. The average molecular weight is 323 g/mol. The molecule has 0 amide bonds. The smallest absolute Gasteiger partial charge is 0.101 e. The summed E-state index contributed by atoms with van der Waals surface area (Å²) in [5.74, 6) is 0. The van der Waals surface area contributed by atoms with Crippen molar-refractivity contribution in [2.75, 3.05) is 11.5 Å². The minimum atomic E-state index is -1.13. The summed E-state index contributed by atoms with van der Waals surface area (Å²) in [5.41, 5.74) is 0.989. The fraction of sp³-hybridized carbons (Fsp3) is 0.562. The lowest BCUT2D eigenvalue weighted by molar-refractivity contribution is -0.0473. The molecule has 2 bridgehead atoms. The molecule has 1 aromatic rings. The Hall–Kier alpha value is -1.32. The molecule has 2 aliphatic rings. The van der Waals surface area contributed by atoms with Gasteiger partial charge in [-0.1, -0.05) is 11.6 Å². The van der Waals surface area contributed by atoms with Crippen LogP contribution in [-0.2, 0) is 0 Å². The number of halogens is 1. The van der Waals surface area contributed by atoms with Crippen molar-refractivity contribution >= 4 is 17.3 Å². The molecule has 0 spiro atoms. The molecule has 22 heavy (non-hydrogen) atoms. The van der Waals surface area contributed by atoms with E-state index < -0.39 is 11.7 Å². The van der Waals surface area contributed by atoms with E-state index in [4.69, 9.17) is 16.9 Å². The number of benzene rings is 1. The van der Waals surface area contributed by atoms with Crippen LogP contribution in [0, 0.1) is 18.3 Å². The number of fused-ring (bicyclic) bond motifs is 2. The van der Waals surface area contributed by atoms with E-state index >= 15 is 0 Å². The first-order chi connectivity index (χ1) is 10.4. The highest BCUT2D eigenvalue weighted by atomic mass is 35.5. The molecular weight excluding hydrogens is 304 g/mol. The van der Waals surface area contributed by atoms with Crippen LogP contribution in [0.15, 0.2) is 12.1 Å². The number of hydrogen-bond donors (Lipinski definition) is 3. The van der Waals surface area contributed by atoms with Crippen LogP contribution in [-0.4, -0.2) is 45.7 Å². The molecule has 0 saturated carbocycles. The molecule has 2 aliphatic heterocycles. The Kier molecular flexibility index (Phi) is 3.82. The Balaban J connectivity index is 2.01. The van der Waals surface area contributed by atoms with Gasteiger partial charge in [-0.25, -0.2) is 0 Å². The van der Waals surface area contributed by atoms with Crippen LogP contribution in [0.25, 0.3) is 0 Å². The van der Waals surface area contributed by atoms with Crippen LogP contribution in [0.1, 0.15) is 30.4 Å². The van der Waals surface area contributed by atoms with Gasteiger partial charge in [0.25, 0.3) is 0 Å². The quantitative estimate of drug-likeness (QED) is 0.765. The fourth-order valence-corrected chi connectivity index (χ4v) is 4.08. The van der Waals surface area contributed by atoms with Gasteiger partial charge in [-0.05, 0) is 37.5 Å². The predicted molar refractivity (Wildman–Crippen MR) is 82.9 cm³/mol. The summed E-state index contributed by atoms with van der Waals surface area (Å²) in [7, 11) is 0. The minimum absolute atomic E-state index is 0.0476. The Morgan fingerprint density at radius 1 is 1.45 bits per heavy atom. The van der Waals surface area contributed by atoms with Gasteiger partial charge in [0, 0.05) is 18.2 Å². The summed E-state index contributed by atoms with van der Waals surface area (Å²) in [5, 5.41) is 39.6. The molecule has 2 saturated heterocycles. The van der Waals surface area contributed by atoms with Crippen LogP contribution in [0.5, 0.6) is 0 Å². The molecule has 0 radical (unpaired) electrons. The first-order valence-corrected chi connectivity index (χ1v) is 7.77. The summed E-state index contributed by atoms with van der Waals surface area (Å²) in [6.45, 7) is 1.56. The van der Waals surface area contributed by atoms with Gasteiger partial charge in [0.05, 0.1) is 34.9 Å². The number of nitriles is 1. The Morgan fingerprint density at radius 3 is 2.77 bits per heavy atom. The molecule has 118 valence electrons. The Bertz CT molecular complexity index is 645. The molecule has 1 aromatic carbocycles. The lowest BCUT2D eigenvalue weighted by Gasteiger charge is -2.45. The summed E-state index contributed by atoms with van der Waals surface area (Å²) in [6, 6.07) is 5.30. The van der Waals surface area contributed by atoms with Gasteiger partial charge in [-0.15, -0.1) is 0 Å². The van der Waals surface area contributed by atoms with Gasteiger partial charge in [0.1, 0.15) is 6.07 Å². The zero-order valence-corrected chi connectivity index (χ0v) is 13.1. The molecule has 0 aliphatic carbocycles. The number of hydrogen-bond acceptors (Lipinski definition) is 5. The highest BCUT2D eigenvalue weighted by molar-refractivity contribution is 6.32. The van der Waals surface area contributed by atoms with E-state index in [9.17, 15) is 15.3 Å². The minimum Gasteiger partial charge on any atom is -0.393 e. The van der Waals surface area contributed by atoms with Crippen LogP contribution in [0.4, 0.5) is 5.69 Å². The van der Waals surface area contributed by atoms with Gasteiger partial charge >= 0.3 is 0 Å². The lowest BCUT2D eigenvalue weighted by Crippen LogP contribution is -2.54. The number of nitrogens with zero attached hydrogens (tertiary/aromatic N) is 2. The summed E-state index contributed by atoms with van der Waals surface area (Å²) < 4.78 is 0. The standard InChI is InChI=1S/C16H19ClN2O3/c1-9-12(3-2-10(7-18)15(9)17)19-11-4-14(21)13(19)6-16(22,5-11)8-20/h2-3,11,13-14,20-22H,4-6,8H2,1H3/t11-,13-,14?,16+/m1/s1. The molecule has 6 heteroatoms. The number of aliphatic hydroxyl groups is 3. The Labute approximate surface area is 134 Å². The molecule has 1 unspecified atom stereocenters. The molecule has 4 atom stereocenters. The average Bonchev–Trinajstić information content (AvgIpc) is 2.70.